The Bertz CT molecular complexity index is 676. The van der Waals surface area contributed by atoms with Crippen LogP contribution in [0.3, 0.4) is 0 Å². The van der Waals surface area contributed by atoms with Crippen LogP contribution in [0.1, 0.15) is 39.8 Å². The van der Waals surface area contributed by atoms with Gasteiger partial charge in [-0.2, -0.15) is 0 Å². The van der Waals surface area contributed by atoms with E-state index >= 15 is 0 Å². The molecule has 2 rings (SSSR count). The van der Waals surface area contributed by atoms with E-state index in [1.807, 2.05) is 26.8 Å². The molecule has 8 heteroatoms. The number of anilines is 1. The highest BCUT2D eigenvalue weighted by Crippen LogP contribution is 2.20. The van der Waals surface area contributed by atoms with Crippen LogP contribution in [0.15, 0.2) is 11.2 Å². The molecule has 0 aliphatic carbocycles. The molecule has 0 fully saturated rings. The van der Waals surface area contributed by atoms with E-state index in [0.717, 1.165) is 18.5 Å². The number of rotatable bonds is 5. The average molecular weight is 322 g/mol. The van der Waals surface area contributed by atoms with Crippen LogP contribution in [0.5, 0.6) is 0 Å². The zero-order valence-electron chi connectivity index (χ0n) is 13.4. The van der Waals surface area contributed by atoms with Gasteiger partial charge in [-0.05, 0) is 27.2 Å². The van der Waals surface area contributed by atoms with Gasteiger partial charge in [0.05, 0.1) is 5.75 Å². The second-order valence-electron chi connectivity index (χ2n) is 6.12. The molecule has 2 aromatic rings. The number of hydrogen-bond donors (Lipinski definition) is 2. The van der Waals surface area contributed by atoms with Gasteiger partial charge in [0.15, 0.2) is 10.8 Å². The maximum atomic E-state index is 11.9. The standard InChI is InChI=1S/C14H22N6OS/c1-5-6-9-7-10-18-19-13(20(10)12(15)16-9)22-8-11(21)17-14(2,3)4/h7H,5-6,8H2,1-4H3,(H2,15,16)(H,17,21). The molecule has 0 aliphatic rings. The molecule has 0 saturated heterocycles. The number of nitrogens with two attached hydrogens (primary N) is 1. The van der Waals surface area contributed by atoms with E-state index in [9.17, 15) is 4.79 Å². The molecule has 0 bridgehead atoms. The van der Waals surface area contributed by atoms with Gasteiger partial charge < -0.3 is 11.1 Å². The van der Waals surface area contributed by atoms with E-state index in [4.69, 9.17) is 5.73 Å². The fourth-order valence-corrected chi connectivity index (χ4v) is 2.78. The number of nitrogens with one attached hydrogen (secondary N) is 1. The highest BCUT2D eigenvalue weighted by molar-refractivity contribution is 7.99. The molecule has 0 spiro atoms. The van der Waals surface area contributed by atoms with Crippen molar-refractivity contribution in [1.82, 2.24) is 24.9 Å². The van der Waals surface area contributed by atoms with Crippen molar-refractivity contribution >= 4 is 29.3 Å². The number of fused-ring (bicyclic) bond motifs is 1. The largest absolute Gasteiger partial charge is 0.369 e. The molecule has 7 nitrogen and oxygen atoms in total. The number of carbonyl (C=O) groups excluding carboxylic acids is 1. The highest BCUT2D eigenvalue weighted by Gasteiger charge is 2.16. The number of amides is 1. The topological polar surface area (TPSA) is 98.2 Å². The Labute approximate surface area is 134 Å². The van der Waals surface area contributed by atoms with Gasteiger partial charge in [0.1, 0.15) is 0 Å². The van der Waals surface area contributed by atoms with Gasteiger partial charge in [-0.1, -0.05) is 25.1 Å². The summed E-state index contributed by atoms with van der Waals surface area (Å²) < 4.78 is 1.67. The van der Waals surface area contributed by atoms with E-state index in [1.54, 1.807) is 4.40 Å². The van der Waals surface area contributed by atoms with Gasteiger partial charge in [0, 0.05) is 17.3 Å². The van der Waals surface area contributed by atoms with Crippen LogP contribution in [-0.4, -0.2) is 36.8 Å². The Kier molecular flexibility index (Phi) is 4.90. The fourth-order valence-electron chi connectivity index (χ4n) is 2.03. The smallest absolute Gasteiger partial charge is 0.230 e. The summed E-state index contributed by atoms with van der Waals surface area (Å²) in [5.74, 6) is 0.557. The lowest BCUT2D eigenvalue weighted by Gasteiger charge is -2.20. The summed E-state index contributed by atoms with van der Waals surface area (Å²) in [4.78, 5) is 16.2. The summed E-state index contributed by atoms with van der Waals surface area (Å²) in [5.41, 5.74) is 7.32. The fraction of sp³-hybridized carbons (Fsp3) is 0.571. The van der Waals surface area contributed by atoms with Crippen LogP contribution in [0.4, 0.5) is 5.95 Å². The Morgan fingerprint density at radius 1 is 1.41 bits per heavy atom. The van der Waals surface area contributed by atoms with Gasteiger partial charge in [-0.3, -0.25) is 4.79 Å². The van der Waals surface area contributed by atoms with Gasteiger partial charge in [0.25, 0.3) is 0 Å². The van der Waals surface area contributed by atoms with E-state index < -0.39 is 0 Å². The molecule has 0 aliphatic heterocycles. The molecule has 0 aromatic carbocycles. The van der Waals surface area contributed by atoms with Gasteiger partial charge in [-0.15, -0.1) is 10.2 Å². The molecule has 3 N–H and O–H groups in total. The lowest BCUT2D eigenvalue weighted by atomic mass is 10.1. The maximum absolute atomic E-state index is 11.9. The van der Waals surface area contributed by atoms with Crippen molar-refractivity contribution in [2.24, 2.45) is 0 Å². The summed E-state index contributed by atoms with van der Waals surface area (Å²) in [6.45, 7) is 7.92. The molecule has 2 heterocycles. The summed E-state index contributed by atoms with van der Waals surface area (Å²) in [5, 5.41) is 11.7. The average Bonchev–Trinajstić information content (AvgIpc) is 2.78. The van der Waals surface area contributed by atoms with E-state index in [1.165, 1.54) is 11.8 Å². The van der Waals surface area contributed by atoms with Crippen LogP contribution >= 0.6 is 11.8 Å². The van der Waals surface area contributed by atoms with Crippen LogP contribution < -0.4 is 11.1 Å². The zero-order valence-corrected chi connectivity index (χ0v) is 14.2. The number of thioether (sulfide) groups is 1. The van der Waals surface area contributed by atoms with E-state index in [2.05, 4.69) is 27.4 Å². The molecular weight excluding hydrogens is 300 g/mol. The molecule has 2 aromatic heterocycles. The molecule has 0 unspecified atom stereocenters. The first kappa shape index (κ1) is 16.5. The monoisotopic (exact) mass is 322 g/mol. The normalized spacial score (nSPS) is 11.8. The van der Waals surface area contributed by atoms with E-state index in [-0.39, 0.29) is 17.2 Å². The summed E-state index contributed by atoms with van der Waals surface area (Å²) in [7, 11) is 0. The molecule has 0 saturated carbocycles. The first-order chi connectivity index (χ1) is 10.3. The van der Waals surface area contributed by atoms with Gasteiger partial charge in [0.2, 0.25) is 11.9 Å². The minimum absolute atomic E-state index is 0.0524. The zero-order chi connectivity index (χ0) is 16.3. The minimum atomic E-state index is -0.250. The van der Waals surface area contributed by atoms with Crippen molar-refractivity contribution in [2.45, 2.75) is 51.2 Å². The number of aromatic nitrogens is 4. The Hall–Kier alpha value is -1.83. The van der Waals surface area contributed by atoms with Crippen molar-refractivity contribution in [2.75, 3.05) is 11.5 Å². The number of nitrogen functional groups attached to an aromatic ring is 1. The molecule has 22 heavy (non-hydrogen) atoms. The first-order valence-electron chi connectivity index (χ1n) is 7.24. The lowest BCUT2D eigenvalue weighted by molar-refractivity contribution is -0.119. The molecule has 1 amide bonds. The number of aryl methyl sites for hydroxylation is 1. The lowest BCUT2D eigenvalue weighted by Crippen LogP contribution is -2.41. The first-order valence-corrected chi connectivity index (χ1v) is 8.23. The van der Waals surface area contributed by atoms with Crippen LogP contribution in [0.2, 0.25) is 0 Å². The Balaban J connectivity index is 2.14. The third kappa shape index (κ3) is 4.09. The summed E-state index contributed by atoms with van der Waals surface area (Å²) >= 11 is 1.30. The Morgan fingerprint density at radius 3 is 2.77 bits per heavy atom. The predicted octanol–water partition coefficient (Wildman–Crippen LogP) is 1.67. The predicted molar refractivity (Wildman–Crippen MR) is 87.8 cm³/mol. The number of nitrogens with zero attached hydrogens (tertiary/aromatic N) is 4. The van der Waals surface area contributed by atoms with Crippen molar-refractivity contribution < 1.29 is 4.79 Å². The van der Waals surface area contributed by atoms with Crippen molar-refractivity contribution in [1.29, 1.82) is 0 Å². The molecular formula is C14H22N6OS. The highest BCUT2D eigenvalue weighted by atomic mass is 32.2. The third-order valence-electron chi connectivity index (χ3n) is 2.79. The molecule has 120 valence electrons. The second kappa shape index (κ2) is 6.51. The van der Waals surface area contributed by atoms with Crippen LogP contribution in [0.25, 0.3) is 5.65 Å². The molecule has 0 radical (unpaired) electrons. The van der Waals surface area contributed by atoms with Crippen molar-refractivity contribution in [3.05, 3.63) is 11.8 Å². The number of hydrogen-bond acceptors (Lipinski definition) is 6. The van der Waals surface area contributed by atoms with Crippen LogP contribution in [0, 0.1) is 0 Å². The van der Waals surface area contributed by atoms with E-state index in [0.29, 0.717) is 16.8 Å². The van der Waals surface area contributed by atoms with Gasteiger partial charge >= 0.3 is 0 Å². The molecule has 0 atom stereocenters. The Morgan fingerprint density at radius 2 is 2.14 bits per heavy atom. The second-order valence-corrected chi connectivity index (χ2v) is 7.06. The maximum Gasteiger partial charge on any atom is 0.230 e. The SMILES string of the molecule is CCCc1cc2nnc(SCC(=O)NC(C)(C)C)n2c(N)n1. The van der Waals surface area contributed by atoms with Gasteiger partial charge in [-0.25, -0.2) is 9.38 Å². The summed E-state index contributed by atoms with van der Waals surface area (Å²) in [6.07, 6.45) is 1.84. The van der Waals surface area contributed by atoms with Crippen molar-refractivity contribution in [3.8, 4) is 0 Å². The number of carbonyl (C=O) groups is 1. The van der Waals surface area contributed by atoms with Crippen LogP contribution in [-0.2, 0) is 11.2 Å². The van der Waals surface area contributed by atoms with Crippen molar-refractivity contribution in [3.63, 3.8) is 0 Å². The quantitative estimate of drug-likeness (QED) is 0.813. The summed E-state index contributed by atoms with van der Waals surface area (Å²) in [6, 6.07) is 1.88. The minimum Gasteiger partial charge on any atom is -0.369 e. The third-order valence-corrected chi connectivity index (χ3v) is 3.72.